The Balaban J connectivity index is 1.00. The molecule has 10 heteroatoms. The minimum atomic E-state index is -0.685. The van der Waals surface area contributed by atoms with Gasteiger partial charge in [-0.15, -0.1) is 0 Å². The van der Waals surface area contributed by atoms with Crippen LogP contribution in [0.2, 0.25) is 0 Å². The predicted octanol–water partition coefficient (Wildman–Crippen LogP) is -1.78. The second-order valence-corrected chi connectivity index (χ2v) is 9.63. The molecular weight excluding hydrogens is 390 g/mol. The van der Waals surface area contributed by atoms with Gasteiger partial charge >= 0.3 is 13.8 Å². The van der Waals surface area contributed by atoms with Crippen molar-refractivity contribution in [3.05, 3.63) is 24.3 Å². The highest BCUT2D eigenvalue weighted by Gasteiger charge is 2.69. The van der Waals surface area contributed by atoms with Crippen LogP contribution in [0.4, 0.5) is 0 Å². The molecule has 0 aliphatic carbocycles. The molecule has 4 bridgehead atoms. The first kappa shape index (κ1) is 17.6. The van der Waals surface area contributed by atoms with Gasteiger partial charge in [0.15, 0.2) is 12.1 Å². The van der Waals surface area contributed by atoms with Crippen molar-refractivity contribution in [2.75, 3.05) is 19.8 Å². The fraction of sp³-hybridized carbons (Fsp3) is 0.700. The SMILES string of the molecule is OB(c1ccc(B2O[C@H]3[C@@H]4C2O[C@H]4[C@@H]2OC[C@@H]3O2)cc1)C1OC23CO[C@H](CO2)C[C@H]13. The van der Waals surface area contributed by atoms with Crippen LogP contribution in [0.15, 0.2) is 24.3 Å². The van der Waals surface area contributed by atoms with Gasteiger partial charge in [0, 0.05) is 11.8 Å². The molecule has 156 valence electrons. The van der Waals surface area contributed by atoms with Crippen LogP contribution in [-0.2, 0) is 33.1 Å². The first-order valence-electron chi connectivity index (χ1n) is 11.0. The molecule has 8 fully saturated rings. The van der Waals surface area contributed by atoms with E-state index in [-0.39, 0.29) is 55.5 Å². The zero-order chi connectivity index (χ0) is 19.6. The van der Waals surface area contributed by atoms with Crippen molar-refractivity contribution in [2.24, 2.45) is 11.8 Å². The monoisotopic (exact) mass is 412 g/mol. The molecule has 0 amide bonds. The summed E-state index contributed by atoms with van der Waals surface area (Å²) in [7, 11) is 0. The molecule has 1 N–H and O–H groups in total. The van der Waals surface area contributed by atoms with Crippen molar-refractivity contribution < 1.29 is 38.1 Å². The summed E-state index contributed by atoms with van der Waals surface area (Å²) in [6.07, 6.45) is 0.802. The largest absolute Gasteiger partial charge is 0.445 e. The Morgan fingerprint density at radius 2 is 1.97 bits per heavy atom. The van der Waals surface area contributed by atoms with E-state index in [1.807, 2.05) is 24.3 Å². The smallest absolute Gasteiger partial charge is 0.357 e. The number of hydrogen-bond donors (Lipinski definition) is 1. The Bertz CT molecular complexity index is 876. The number of fused-ring (bicyclic) bond motifs is 6. The van der Waals surface area contributed by atoms with Crippen LogP contribution in [0.3, 0.4) is 0 Å². The molecule has 8 aliphatic heterocycles. The maximum atomic E-state index is 11.0. The molecule has 0 aromatic heterocycles. The maximum Gasteiger partial charge on any atom is 0.357 e. The standard InChI is InChI=1S/C20H22B2O8/c23-21(17-12-5-11-6-26-20(12,29-17)8-25-11)9-1-3-10(4-2-9)22-18-14-15(30-22)13-7-24-19(27-13)16(14)28-18/h1-4,11-19,23H,5-8H2/t11-,12+,13-,14-,15+,16+,17?,18?,19+,20?/m0/s1. The quantitative estimate of drug-likeness (QED) is 0.584. The molecule has 1 aromatic rings. The van der Waals surface area contributed by atoms with Gasteiger partial charge in [-0.1, -0.05) is 24.3 Å². The average Bonchev–Trinajstić information content (AvgIpc) is 3.33. The first-order valence-corrected chi connectivity index (χ1v) is 11.0. The van der Waals surface area contributed by atoms with Gasteiger partial charge < -0.3 is 38.1 Å². The van der Waals surface area contributed by atoms with Gasteiger partial charge in [-0.05, 0) is 17.3 Å². The molecular formula is C20H22B2O8. The van der Waals surface area contributed by atoms with Crippen molar-refractivity contribution in [1.29, 1.82) is 0 Å². The maximum absolute atomic E-state index is 11.0. The van der Waals surface area contributed by atoms with E-state index in [9.17, 15) is 5.02 Å². The van der Waals surface area contributed by atoms with Crippen LogP contribution >= 0.6 is 0 Å². The Morgan fingerprint density at radius 3 is 2.77 bits per heavy atom. The van der Waals surface area contributed by atoms with E-state index in [2.05, 4.69) is 0 Å². The fourth-order valence-corrected chi connectivity index (χ4v) is 6.59. The summed E-state index contributed by atoms with van der Waals surface area (Å²) < 4.78 is 41.5. The third kappa shape index (κ3) is 2.12. The summed E-state index contributed by atoms with van der Waals surface area (Å²) in [4.78, 5) is 0. The van der Waals surface area contributed by atoms with E-state index in [1.54, 1.807) is 0 Å². The van der Waals surface area contributed by atoms with E-state index in [0.717, 1.165) is 17.3 Å². The number of benzene rings is 1. The van der Waals surface area contributed by atoms with Gasteiger partial charge in [0.1, 0.15) is 18.8 Å². The molecule has 8 aliphatic rings. The van der Waals surface area contributed by atoms with Crippen molar-refractivity contribution in [2.45, 2.75) is 54.9 Å². The van der Waals surface area contributed by atoms with E-state index in [0.29, 0.717) is 25.7 Å². The first-order chi connectivity index (χ1) is 14.7. The number of rotatable bonds is 3. The highest BCUT2D eigenvalue weighted by Crippen LogP contribution is 2.51. The summed E-state index contributed by atoms with van der Waals surface area (Å²) >= 11 is 0. The van der Waals surface area contributed by atoms with Crippen LogP contribution in [0.25, 0.3) is 0 Å². The summed E-state index contributed by atoms with van der Waals surface area (Å²) in [6, 6.07) is 7.81. The second-order valence-electron chi connectivity index (χ2n) is 9.63. The lowest BCUT2D eigenvalue weighted by atomic mass is 9.47. The zero-order valence-electron chi connectivity index (χ0n) is 16.3. The summed E-state index contributed by atoms with van der Waals surface area (Å²) in [6.45, 7) is 0.838. The normalized spacial score (nSPS) is 51.8. The molecule has 1 spiro atoms. The van der Waals surface area contributed by atoms with Gasteiger partial charge in [0.25, 0.3) is 0 Å². The molecule has 3 unspecified atom stereocenters. The lowest BCUT2D eigenvalue weighted by Crippen LogP contribution is -2.76. The van der Waals surface area contributed by atoms with E-state index in [1.165, 1.54) is 0 Å². The summed E-state index contributed by atoms with van der Waals surface area (Å²) in [5, 5.41) is 11.0. The van der Waals surface area contributed by atoms with Gasteiger partial charge in [-0.2, -0.15) is 0 Å². The zero-order valence-corrected chi connectivity index (χ0v) is 16.3. The van der Waals surface area contributed by atoms with Crippen molar-refractivity contribution in [1.82, 2.24) is 0 Å². The van der Waals surface area contributed by atoms with Gasteiger partial charge in [0.05, 0.1) is 37.4 Å². The minimum absolute atomic E-state index is 0.00820. The van der Waals surface area contributed by atoms with Gasteiger partial charge in [-0.25, -0.2) is 0 Å². The van der Waals surface area contributed by atoms with Crippen LogP contribution in [0.1, 0.15) is 6.42 Å². The minimum Gasteiger partial charge on any atom is -0.445 e. The van der Waals surface area contributed by atoms with E-state index < -0.39 is 12.7 Å². The van der Waals surface area contributed by atoms with Crippen LogP contribution in [-0.4, -0.2) is 87.2 Å². The second kappa shape index (κ2) is 5.88. The molecule has 0 saturated carbocycles. The van der Waals surface area contributed by atoms with Crippen LogP contribution in [0.5, 0.6) is 0 Å². The third-order valence-electron chi connectivity index (χ3n) is 8.19. The van der Waals surface area contributed by atoms with Crippen molar-refractivity contribution >= 4 is 24.8 Å². The lowest BCUT2D eigenvalue weighted by molar-refractivity contribution is -0.440. The topological polar surface area (TPSA) is 84.8 Å². The number of hydrogen-bond acceptors (Lipinski definition) is 8. The highest BCUT2D eigenvalue weighted by atomic mass is 16.8. The number of ether oxygens (including phenoxy) is 6. The van der Waals surface area contributed by atoms with Crippen molar-refractivity contribution in [3.63, 3.8) is 0 Å². The van der Waals surface area contributed by atoms with Gasteiger partial charge in [-0.3, -0.25) is 0 Å². The van der Waals surface area contributed by atoms with Crippen molar-refractivity contribution in [3.8, 4) is 0 Å². The van der Waals surface area contributed by atoms with E-state index in [4.69, 9.17) is 33.1 Å². The van der Waals surface area contributed by atoms with E-state index >= 15 is 0 Å². The predicted molar refractivity (Wildman–Crippen MR) is 102 cm³/mol. The molecule has 8 saturated heterocycles. The lowest BCUT2D eigenvalue weighted by Gasteiger charge is -2.61. The molecule has 10 atom stereocenters. The molecule has 1 aromatic carbocycles. The fourth-order valence-electron chi connectivity index (χ4n) is 6.59. The Morgan fingerprint density at radius 1 is 1.07 bits per heavy atom. The molecule has 8 nitrogen and oxygen atoms in total. The molecule has 30 heavy (non-hydrogen) atoms. The molecule has 8 heterocycles. The van der Waals surface area contributed by atoms with Crippen LogP contribution < -0.4 is 10.9 Å². The summed E-state index contributed by atoms with van der Waals surface area (Å²) in [5.41, 5.74) is 1.92. The Labute approximate surface area is 174 Å². The molecule has 0 radical (unpaired) electrons. The van der Waals surface area contributed by atoms with Crippen LogP contribution in [0, 0.1) is 11.8 Å². The summed E-state index contributed by atoms with van der Waals surface area (Å²) in [5.74, 6) is -0.119. The Kier molecular flexibility index (Phi) is 3.44. The Hall–Kier alpha value is -0.970. The average molecular weight is 412 g/mol. The van der Waals surface area contributed by atoms with Gasteiger partial charge in [0.2, 0.25) is 0 Å². The third-order valence-corrected chi connectivity index (χ3v) is 8.19. The highest BCUT2D eigenvalue weighted by molar-refractivity contribution is 6.70. The molecule has 9 rings (SSSR count).